The minimum atomic E-state index is -1.63. The number of alkyl carbamates (subject to hydrolysis) is 1. The zero-order chi connectivity index (χ0) is 26.0. The van der Waals surface area contributed by atoms with Gasteiger partial charge in [-0.15, -0.1) is 0 Å². The Morgan fingerprint density at radius 2 is 1.71 bits per heavy atom. The maximum absolute atomic E-state index is 13.2. The van der Waals surface area contributed by atoms with E-state index in [4.69, 9.17) is 30.5 Å². The fourth-order valence-electron chi connectivity index (χ4n) is 4.67. The summed E-state index contributed by atoms with van der Waals surface area (Å²) in [4.78, 5) is 51.2. The van der Waals surface area contributed by atoms with Crippen molar-refractivity contribution in [2.45, 2.75) is 58.3 Å². The summed E-state index contributed by atoms with van der Waals surface area (Å²) in [5.41, 5.74) is -2.11. The summed E-state index contributed by atoms with van der Waals surface area (Å²) in [6.07, 6.45) is -2.63. The van der Waals surface area contributed by atoms with Gasteiger partial charge in [-0.25, -0.2) is 14.4 Å². The summed E-state index contributed by atoms with van der Waals surface area (Å²) >= 11 is 6.10. The first kappa shape index (κ1) is 26.6. The Hall–Kier alpha value is -3.01. The highest BCUT2D eigenvalue weighted by atomic mass is 35.5. The van der Waals surface area contributed by atoms with E-state index in [-0.39, 0.29) is 19.6 Å². The first-order valence-corrected chi connectivity index (χ1v) is 11.9. The van der Waals surface area contributed by atoms with Crippen LogP contribution in [0.3, 0.4) is 0 Å². The van der Waals surface area contributed by atoms with Gasteiger partial charge in [-0.1, -0.05) is 23.7 Å². The van der Waals surface area contributed by atoms with Gasteiger partial charge in [0.05, 0.1) is 29.8 Å². The predicted octanol–water partition coefficient (Wildman–Crippen LogP) is 3.91. The van der Waals surface area contributed by atoms with Gasteiger partial charge in [0, 0.05) is 18.3 Å². The summed E-state index contributed by atoms with van der Waals surface area (Å²) in [6, 6.07) is 6.62. The molecular weight excluding hydrogens is 480 g/mol. The first-order chi connectivity index (χ1) is 16.4. The fourth-order valence-corrected chi connectivity index (χ4v) is 4.86. The summed E-state index contributed by atoms with van der Waals surface area (Å²) < 4.78 is 21.4. The number of benzene rings is 1. The van der Waals surface area contributed by atoms with Crippen LogP contribution < -0.4 is 10.6 Å². The zero-order valence-electron chi connectivity index (χ0n) is 20.4. The molecule has 4 unspecified atom stereocenters. The molecule has 192 valence electrons. The number of rotatable bonds is 7. The molecule has 0 aromatic heterocycles. The number of carbonyl (C=O) groups is 4. The molecule has 0 aliphatic heterocycles. The van der Waals surface area contributed by atoms with E-state index in [2.05, 4.69) is 10.6 Å². The third-order valence-corrected chi connectivity index (χ3v) is 6.22. The van der Waals surface area contributed by atoms with E-state index in [9.17, 15) is 19.2 Å². The van der Waals surface area contributed by atoms with Gasteiger partial charge >= 0.3 is 24.1 Å². The molecule has 35 heavy (non-hydrogen) atoms. The zero-order valence-corrected chi connectivity index (χ0v) is 21.1. The molecule has 2 fully saturated rings. The molecular formula is C24H31ClN2O8. The molecule has 0 saturated heterocycles. The molecule has 2 N–H and O–H groups in total. The van der Waals surface area contributed by atoms with Crippen molar-refractivity contribution >= 4 is 41.4 Å². The smallest absolute Gasteiger partial charge is 0.411 e. The number of fused-ring (bicyclic) bond motifs is 1. The number of nitrogens with one attached hydrogen (secondary N) is 2. The van der Waals surface area contributed by atoms with Crippen molar-refractivity contribution in [3.63, 3.8) is 0 Å². The Morgan fingerprint density at radius 1 is 1.06 bits per heavy atom. The number of hydrogen-bond donors (Lipinski definition) is 2. The maximum atomic E-state index is 13.2. The van der Waals surface area contributed by atoms with Crippen LogP contribution in [0, 0.1) is 17.8 Å². The quantitative estimate of drug-likeness (QED) is 0.417. The summed E-state index contributed by atoms with van der Waals surface area (Å²) in [5.74, 6) is -3.27. The standard InChI is InChI=1S/C24H31ClN2O8/c1-6-32-19(28)17-16-15(34-21(30)26-14-11-9-8-10-13(14)25)12-24(18(16)17,20(29)33-7-2)27-22(31)35-23(3,4)5/h8-11,15-18H,6-7,12H2,1-5H3,(H,26,30)(H,27,31)/t15?,16?,17-,18?,24?/m0/s1. The van der Waals surface area contributed by atoms with Gasteiger partial charge in [-0.3, -0.25) is 10.1 Å². The third kappa shape index (κ3) is 5.80. The van der Waals surface area contributed by atoms with Crippen LogP contribution in [0.5, 0.6) is 0 Å². The molecule has 2 aliphatic carbocycles. The van der Waals surface area contributed by atoms with Crippen molar-refractivity contribution < 1.29 is 38.1 Å². The molecule has 0 bridgehead atoms. The van der Waals surface area contributed by atoms with Crippen LogP contribution in [-0.2, 0) is 28.5 Å². The number of ether oxygens (including phenoxy) is 4. The first-order valence-electron chi connectivity index (χ1n) is 11.5. The number of esters is 2. The topological polar surface area (TPSA) is 129 Å². The van der Waals surface area contributed by atoms with Crippen LogP contribution in [0.25, 0.3) is 0 Å². The largest absolute Gasteiger partial charge is 0.466 e. The molecule has 3 rings (SSSR count). The van der Waals surface area contributed by atoms with Gasteiger partial charge in [-0.2, -0.15) is 0 Å². The van der Waals surface area contributed by atoms with Gasteiger partial charge in [0.1, 0.15) is 17.2 Å². The second kappa shape index (κ2) is 10.3. The molecule has 1 aromatic carbocycles. The lowest BCUT2D eigenvalue weighted by atomic mass is 9.89. The van der Waals surface area contributed by atoms with E-state index in [0.717, 1.165) is 0 Å². The maximum Gasteiger partial charge on any atom is 0.411 e. The molecule has 2 aliphatic rings. The molecule has 0 radical (unpaired) electrons. The Bertz CT molecular complexity index is 994. The molecule has 2 amide bonds. The van der Waals surface area contributed by atoms with Crippen molar-refractivity contribution in [2.75, 3.05) is 18.5 Å². The Morgan fingerprint density at radius 3 is 2.31 bits per heavy atom. The Labute approximate surface area is 208 Å². The average Bonchev–Trinajstić information content (AvgIpc) is 3.42. The average molecular weight is 511 g/mol. The van der Waals surface area contributed by atoms with Crippen molar-refractivity contribution in [3.8, 4) is 0 Å². The van der Waals surface area contributed by atoms with E-state index in [1.807, 2.05) is 0 Å². The van der Waals surface area contributed by atoms with Gasteiger partial charge in [0.15, 0.2) is 0 Å². The number of carbonyl (C=O) groups excluding carboxylic acids is 4. The summed E-state index contributed by atoms with van der Waals surface area (Å²) in [6.45, 7) is 8.54. The van der Waals surface area contributed by atoms with Crippen LogP contribution in [0.4, 0.5) is 15.3 Å². The number of amides is 2. The second-order valence-corrected chi connectivity index (χ2v) is 9.86. The molecule has 0 heterocycles. The van der Waals surface area contributed by atoms with Gasteiger partial charge in [0.2, 0.25) is 0 Å². The van der Waals surface area contributed by atoms with Crippen LogP contribution in [-0.4, -0.2) is 54.6 Å². The molecule has 11 heteroatoms. The van der Waals surface area contributed by atoms with Gasteiger partial charge in [-0.05, 0) is 46.8 Å². The van der Waals surface area contributed by atoms with Crippen molar-refractivity contribution in [3.05, 3.63) is 29.3 Å². The predicted molar refractivity (Wildman–Crippen MR) is 126 cm³/mol. The van der Waals surface area contributed by atoms with E-state index in [0.29, 0.717) is 10.7 Å². The van der Waals surface area contributed by atoms with Crippen molar-refractivity contribution in [1.29, 1.82) is 0 Å². The SMILES string of the molecule is CCOC(=O)[C@H]1C2C(OC(=O)Nc3ccccc3Cl)CC(NC(=O)OC(C)(C)C)(C(=O)OCC)C21. The highest BCUT2D eigenvalue weighted by Crippen LogP contribution is 2.64. The molecule has 1 aromatic rings. The lowest BCUT2D eigenvalue weighted by Gasteiger charge is -2.33. The van der Waals surface area contributed by atoms with Gasteiger partial charge in [0.25, 0.3) is 0 Å². The van der Waals surface area contributed by atoms with Crippen molar-refractivity contribution in [1.82, 2.24) is 5.32 Å². The van der Waals surface area contributed by atoms with Crippen LogP contribution >= 0.6 is 11.6 Å². The third-order valence-electron chi connectivity index (χ3n) is 5.89. The molecule has 0 spiro atoms. The minimum Gasteiger partial charge on any atom is -0.466 e. The van der Waals surface area contributed by atoms with Crippen LogP contribution in [0.2, 0.25) is 5.02 Å². The number of hydrogen-bond acceptors (Lipinski definition) is 8. The second-order valence-electron chi connectivity index (χ2n) is 9.45. The monoisotopic (exact) mass is 510 g/mol. The Kier molecular flexibility index (Phi) is 7.83. The van der Waals surface area contributed by atoms with E-state index in [1.54, 1.807) is 58.9 Å². The van der Waals surface area contributed by atoms with E-state index < -0.39 is 59.1 Å². The minimum absolute atomic E-state index is 0.0521. The van der Waals surface area contributed by atoms with Crippen LogP contribution in [0.15, 0.2) is 24.3 Å². The molecule has 2 saturated carbocycles. The molecule has 5 atom stereocenters. The normalized spacial score (nSPS) is 26.7. The van der Waals surface area contributed by atoms with Crippen molar-refractivity contribution in [2.24, 2.45) is 17.8 Å². The number of anilines is 1. The summed E-state index contributed by atoms with van der Waals surface area (Å²) in [7, 11) is 0. The molecule has 10 nitrogen and oxygen atoms in total. The number of para-hydroxylation sites is 1. The fraction of sp³-hybridized carbons (Fsp3) is 0.583. The Balaban J connectivity index is 1.87. The lowest BCUT2D eigenvalue weighted by Crippen LogP contribution is -2.58. The van der Waals surface area contributed by atoms with Crippen LogP contribution in [0.1, 0.15) is 41.0 Å². The van der Waals surface area contributed by atoms with Gasteiger partial charge < -0.3 is 24.3 Å². The number of halogens is 1. The van der Waals surface area contributed by atoms with E-state index >= 15 is 0 Å². The highest BCUT2D eigenvalue weighted by Gasteiger charge is 2.77. The summed E-state index contributed by atoms with van der Waals surface area (Å²) in [5, 5.41) is 5.52. The highest BCUT2D eigenvalue weighted by molar-refractivity contribution is 6.33. The lowest BCUT2D eigenvalue weighted by molar-refractivity contribution is -0.154. The van der Waals surface area contributed by atoms with E-state index in [1.165, 1.54) is 0 Å².